The van der Waals surface area contributed by atoms with Gasteiger partial charge in [-0.05, 0) is 55.1 Å². The molecule has 2 aliphatic rings. The largest absolute Gasteiger partial charge is 2.00 e. The Bertz CT molecular complexity index is 1740. The number of hydrogen-bond donors (Lipinski definition) is 2. The molecule has 1 unspecified atom stereocenters. The molecule has 0 spiro atoms. The van der Waals surface area contributed by atoms with Gasteiger partial charge in [0.25, 0.3) is 0 Å². The van der Waals surface area contributed by atoms with Crippen molar-refractivity contribution < 1.29 is 50.5 Å². The number of ether oxygens (including phenoxy) is 3. The quantitative estimate of drug-likeness (QED) is 0.137. The van der Waals surface area contributed by atoms with Gasteiger partial charge in [0.1, 0.15) is 6.10 Å². The molecule has 11 heteroatoms. The number of aliphatic hydroxyl groups excluding tert-OH is 1. The molecule has 4 aromatic rings. The molecule has 0 aromatic heterocycles. The average Bonchev–Trinajstić information content (AvgIpc) is 3.72. The molecule has 250 valence electrons. The van der Waals surface area contributed by atoms with Gasteiger partial charge in [-0.15, -0.1) is 5.69 Å². The van der Waals surface area contributed by atoms with Crippen LogP contribution in [0, 0.1) is 0 Å². The molecule has 1 fully saturated rings. The van der Waals surface area contributed by atoms with Crippen LogP contribution < -0.4 is 9.47 Å². The van der Waals surface area contributed by atoms with Crippen molar-refractivity contribution in [2.75, 3.05) is 13.2 Å². The SMILES string of the molecule is CCOC1Oc2ccc([C@@H](O)[C@@H](N=C(c3ccccc3)c3ccccc3[N-]C(=O)[C@H]3CCCN3Cc3ccccc3)C(=O)O)cc2O1.[Ni+2]. The maximum Gasteiger partial charge on any atom is 2.00 e. The molecule has 2 aliphatic heterocycles. The van der Waals surface area contributed by atoms with Gasteiger partial charge in [-0.25, -0.2) is 4.79 Å². The van der Waals surface area contributed by atoms with Gasteiger partial charge < -0.3 is 34.5 Å². The molecule has 48 heavy (non-hydrogen) atoms. The summed E-state index contributed by atoms with van der Waals surface area (Å²) in [5, 5.41) is 26.3. The van der Waals surface area contributed by atoms with E-state index in [2.05, 4.69) is 15.2 Å². The molecule has 4 aromatic carbocycles. The maximum atomic E-state index is 13.7. The predicted molar refractivity (Wildman–Crippen MR) is 176 cm³/mol. The second-order valence-electron chi connectivity index (χ2n) is 11.3. The third kappa shape index (κ3) is 7.94. The number of fused-ring (bicyclic) bond motifs is 1. The van der Waals surface area contributed by atoms with Crippen LogP contribution in [0.4, 0.5) is 5.69 Å². The standard InChI is InChI=1S/C37H37N3O7.Ni/c1-2-45-37-46-30-20-19-26(22-31(30)47-37)34(41)33(36(43)44)39-32(25-14-7-4-8-15-25)27-16-9-10-17-28(27)38-35(42)29-18-11-21-40(29)23-24-12-5-3-6-13-24;/h3-10,12-17,19-20,22,29,33-34,37,41H,2,11,18,21,23H2,1H3,(H2,38,39,42,43,44);/q;+2/p-1/t29-,33-,34-,37?;/m1./s1. The van der Waals surface area contributed by atoms with E-state index >= 15 is 0 Å². The molecule has 2 heterocycles. The Morgan fingerprint density at radius 2 is 1.65 bits per heavy atom. The summed E-state index contributed by atoms with van der Waals surface area (Å²) in [5.74, 6) is -0.848. The monoisotopic (exact) mass is 692 g/mol. The molecule has 0 saturated carbocycles. The molecular weight excluding hydrogens is 657 g/mol. The summed E-state index contributed by atoms with van der Waals surface area (Å²) < 4.78 is 16.6. The van der Waals surface area contributed by atoms with Crippen LogP contribution in [0.5, 0.6) is 11.5 Å². The van der Waals surface area contributed by atoms with Crippen molar-refractivity contribution in [3.05, 3.63) is 131 Å². The Kier molecular flexibility index (Phi) is 11.6. The number of amides is 1. The molecule has 1 amide bonds. The maximum absolute atomic E-state index is 13.7. The van der Waals surface area contributed by atoms with Crippen LogP contribution >= 0.6 is 0 Å². The van der Waals surface area contributed by atoms with E-state index < -0.39 is 24.6 Å². The van der Waals surface area contributed by atoms with Crippen LogP contribution in [-0.2, 0) is 37.4 Å². The minimum Gasteiger partial charge on any atom is -0.625 e. The Labute approximate surface area is 289 Å². The van der Waals surface area contributed by atoms with Crippen molar-refractivity contribution in [2.45, 2.75) is 51.0 Å². The van der Waals surface area contributed by atoms with Gasteiger partial charge in [0.05, 0.1) is 24.3 Å². The number of carboxylic acids is 1. The number of likely N-dealkylation sites (tertiary alicyclic amines) is 1. The van der Waals surface area contributed by atoms with Crippen molar-refractivity contribution in [3.8, 4) is 11.5 Å². The van der Waals surface area contributed by atoms with Gasteiger partial charge in [-0.2, -0.15) is 0 Å². The number of carbonyl (C=O) groups excluding carboxylic acids is 1. The normalized spacial score (nSPS) is 18.5. The fourth-order valence-electron chi connectivity index (χ4n) is 5.89. The van der Waals surface area contributed by atoms with Gasteiger partial charge >= 0.3 is 28.9 Å². The summed E-state index contributed by atoms with van der Waals surface area (Å²) in [6, 6.07) is 28.9. The summed E-state index contributed by atoms with van der Waals surface area (Å²) >= 11 is 0. The first-order chi connectivity index (χ1) is 22.9. The minimum absolute atomic E-state index is 0. The second-order valence-corrected chi connectivity index (χ2v) is 11.3. The summed E-state index contributed by atoms with van der Waals surface area (Å²) in [4.78, 5) is 33.2. The zero-order valence-electron chi connectivity index (χ0n) is 26.3. The summed E-state index contributed by atoms with van der Waals surface area (Å²) in [7, 11) is 0. The molecule has 0 bridgehead atoms. The van der Waals surface area contributed by atoms with E-state index in [1.807, 2.05) is 48.5 Å². The number of para-hydroxylation sites is 1. The zero-order chi connectivity index (χ0) is 32.8. The van der Waals surface area contributed by atoms with Crippen molar-refractivity contribution in [1.29, 1.82) is 0 Å². The molecular formula is C37H36N3NiO7+. The minimum atomic E-state index is -1.60. The van der Waals surface area contributed by atoms with E-state index in [-0.39, 0.29) is 39.7 Å². The van der Waals surface area contributed by atoms with Crippen molar-refractivity contribution in [3.63, 3.8) is 0 Å². The average molecular weight is 693 g/mol. The second kappa shape index (κ2) is 16.0. The number of aliphatic hydroxyl groups is 1. The third-order valence-corrected chi connectivity index (χ3v) is 8.19. The van der Waals surface area contributed by atoms with E-state index in [9.17, 15) is 19.8 Å². The Morgan fingerprint density at radius 3 is 2.38 bits per heavy atom. The number of carboxylic acid groups (broad SMARTS) is 1. The van der Waals surface area contributed by atoms with E-state index in [1.54, 1.807) is 55.5 Å². The molecule has 10 nitrogen and oxygen atoms in total. The van der Waals surface area contributed by atoms with Crippen LogP contribution in [0.15, 0.2) is 108 Å². The first-order valence-electron chi connectivity index (χ1n) is 15.7. The number of benzene rings is 4. The number of rotatable bonds is 12. The molecule has 1 saturated heterocycles. The fraction of sp³-hybridized carbons (Fsp3) is 0.270. The van der Waals surface area contributed by atoms with Gasteiger partial charge in [0.15, 0.2) is 17.5 Å². The van der Waals surface area contributed by atoms with Crippen molar-refractivity contribution in [2.24, 2.45) is 4.99 Å². The topological polar surface area (TPSA) is 132 Å². The van der Waals surface area contributed by atoms with Gasteiger partial charge in [-0.3, -0.25) is 9.89 Å². The van der Waals surface area contributed by atoms with Crippen LogP contribution in [0.3, 0.4) is 0 Å². The predicted octanol–water partition coefficient (Wildman–Crippen LogP) is 6.00. The van der Waals surface area contributed by atoms with E-state index in [0.717, 1.165) is 18.5 Å². The smallest absolute Gasteiger partial charge is 0.625 e. The van der Waals surface area contributed by atoms with Crippen LogP contribution in [-0.4, -0.2) is 64.4 Å². The Balaban J connectivity index is 0.00000451. The van der Waals surface area contributed by atoms with Gasteiger partial charge in [-0.1, -0.05) is 91.0 Å². The molecule has 2 N–H and O–H groups in total. The number of hydrogen-bond acceptors (Lipinski definition) is 8. The van der Waals surface area contributed by atoms with Crippen LogP contribution in [0.1, 0.15) is 48.1 Å². The first-order valence-corrected chi connectivity index (χ1v) is 15.7. The first kappa shape index (κ1) is 34.8. The number of aliphatic carboxylic acids is 1. The fourth-order valence-corrected chi connectivity index (χ4v) is 5.89. The summed E-state index contributed by atoms with van der Waals surface area (Å²) in [6.07, 6.45) is 0.0500. The van der Waals surface area contributed by atoms with Crippen molar-refractivity contribution in [1.82, 2.24) is 4.90 Å². The third-order valence-electron chi connectivity index (χ3n) is 8.19. The summed E-state index contributed by atoms with van der Waals surface area (Å²) in [5.41, 5.74) is 3.15. The molecule has 6 rings (SSSR count). The number of nitrogens with zero attached hydrogens (tertiary/aromatic N) is 3. The molecule has 0 radical (unpaired) electrons. The Morgan fingerprint density at radius 1 is 0.958 bits per heavy atom. The van der Waals surface area contributed by atoms with Crippen LogP contribution in [0.25, 0.3) is 5.32 Å². The molecule has 0 aliphatic carbocycles. The van der Waals surface area contributed by atoms with Gasteiger partial charge in [0, 0.05) is 12.1 Å². The van der Waals surface area contributed by atoms with E-state index in [0.29, 0.717) is 47.9 Å². The molecule has 4 atom stereocenters. The Hall–Kier alpha value is -4.54. The van der Waals surface area contributed by atoms with E-state index in [4.69, 9.17) is 14.2 Å². The zero-order valence-corrected chi connectivity index (χ0v) is 27.2. The van der Waals surface area contributed by atoms with Crippen LogP contribution in [0.2, 0.25) is 0 Å². The number of aliphatic imine (C=N–C) groups is 1. The van der Waals surface area contributed by atoms with Gasteiger partial charge in [0.2, 0.25) is 0 Å². The summed E-state index contributed by atoms with van der Waals surface area (Å²) in [6.45, 7) is 2.71. The van der Waals surface area contributed by atoms with Crippen molar-refractivity contribution >= 4 is 23.3 Å². The van der Waals surface area contributed by atoms with E-state index in [1.165, 1.54) is 6.07 Å². The number of carbonyl (C=O) groups is 2.